The summed E-state index contributed by atoms with van der Waals surface area (Å²) < 4.78 is 10.5. The Morgan fingerprint density at radius 3 is 2.66 bits per heavy atom. The van der Waals surface area contributed by atoms with Crippen molar-refractivity contribution in [1.29, 1.82) is 0 Å². The molecular formula is C26H31N7O4S. The molecule has 1 aliphatic heterocycles. The molecule has 1 saturated heterocycles. The molecule has 1 aromatic carbocycles. The van der Waals surface area contributed by atoms with E-state index in [0.717, 1.165) is 10.4 Å². The standard InChI is InChI=1S/C26H31N7O4S/c1-5-32-21(27-28-29-32)16-31-19-14-20(17-10-7-6-8-11-17)38-22(19)23(34)33(24(31)35)18-12-9-13-30(15-18)25(36)37-26(2,3)4/h6-8,10-11,14,18H,5,9,12-13,15-16H2,1-4H3. The summed E-state index contributed by atoms with van der Waals surface area (Å²) in [7, 11) is 0. The summed E-state index contributed by atoms with van der Waals surface area (Å²) in [6.45, 7) is 8.76. The van der Waals surface area contributed by atoms with Crippen LogP contribution in [-0.4, -0.2) is 59.0 Å². The molecule has 0 aliphatic carbocycles. The number of hydrogen-bond donors (Lipinski definition) is 0. The summed E-state index contributed by atoms with van der Waals surface area (Å²) in [6.07, 6.45) is 0.812. The number of piperidine rings is 1. The average molecular weight is 538 g/mol. The maximum absolute atomic E-state index is 14.0. The highest BCUT2D eigenvalue weighted by Gasteiger charge is 2.31. The Hall–Kier alpha value is -3.80. The number of carbonyl (C=O) groups is 1. The van der Waals surface area contributed by atoms with Crippen molar-refractivity contribution in [2.75, 3.05) is 13.1 Å². The molecule has 0 saturated carbocycles. The van der Waals surface area contributed by atoms with Crippen LogP contribution in [-0.2, 0) is 17.8 Å². The molecule has 1 unspecified atom stereocenters. The van der Waals surface area contributed by atoms with E-state index in [1.165, 1.54) is 15.9 Å². The van der Waals surface area contributed by atoms with Gasteiger partial charge in [-0.3, -0.25) is 13.9 Å². The first-order valence-electron chi connectivity index (χ1n) is 12.7. The van der Waals surface area contributed by atoms with E-state index in [-0.39, 0.29) is 18.6 Å². The van der Waals surface area contributed by atoms with Gasteiger partial charge in [-0.1, -0.05) is 30.3 Å². The number of hydrogen-bond acceptors (Lipinski definition) is 8. The van der Waals surface area contributed by atoms with Crippen LogP contribution in [0.4, 0.5) is 4.79 Å². The van der Waals surface area contributed by atoms with Crippen LogP contribution in [0.1, 0.15) is 52.4 Å². The van der Waals surface area contributed by atoms with Crippen molar-refractivity contribution < 1.29 is 9.53 Å². The first-order valence-corrected chi connectivity index (χ1v) is 13.5. The van der Waals surface area contributed by atoms with Crippen molar-refractivity contribution in [1.82, 2.24) is 34.2 Å². The third kappa shape index (κ3) is 5.00. The number of aryl methyl sites for hydroxylation is 1. The van der Waals surface area contributed by atoms with Gasteiger partial charge in [0.05, 0.1) is 18.1 Å². The number of carbonyl (C=O) groups excluding carboxylic acids is 1. The SMILES string of the molecule is CCn1nnnc1Cn1c(=O)n(C2CCCN(C(=O)OC(C)(C)C)C2)c(=O)c2sc(-c3ccccc3)cc21. The highest BCUT2D eigenvalue weighted by molar-refractivity contribution is 7.22. The van der Waals surface area contributed by atoms with E-state index in [1.54, 1.807) is 14.1 Å². The van der Waals surface area contributed by atoms with E-state index in [0.29, 0.717) is 42.0 Å². The molecule has 1 aliphatic rings. The van der Waals surface area contributed by atoms with E-state index in [2.05, 4.69) is 15.5 Å². The fourth-order valence-electron chi connectivity index (χ4n) is 4.77. The summed E-state index contributed by atoms with van der Waals surface area (Å²) >= 11 is 1.36. The first-order chi connectivity index (χ1) is 18.2. The number of nitrogens with zero attached hydrogens (tertiary/aromatic N) is 7. The molecule has 11 nitrogen and oxygen atoms in total. The van der Waals surface area contributed by atoms with Crippen molar-refractivity contribution in [2.24, 2.45) is 0 Å². The molecule has 0 N–H and O–H groups in total. The molecule has 0 spiro atoms. The van der Waals surface area contributed by atoms with Gasteiger partial charge in [-0.25, -0.2) is 14.3 Å². The minimum atomic E-state index is -0.638. The molecule has 38 heavy (non-hydrogen) atoms. The van der Waals surface area contributed by atoms with Crippen molar-refractivity contribution in [2.45, 2.75) is 65.3 Å². The lowest BCUT2D eigenvalue weighted by molar-refractivity contribution is 0.0169. The van der Waals surface area contributed by atoms with Gasteiger partial charge in [0, 0.05) is 24.5 Å². The lowest BCUT2D eigenvalue weighted by Crippen LogP contribution is -2.49. The molecule has 3 aromatic heterocycles. The second kappa shape index (κ2) is 10.2. The Balaban J connectivity index is 1.63. The molecular weight excluding hydrogens is 506 g/mol. The zero-order valence-electron chi connectivity index (χ0n) is 22.0. The third-order valence-corrected chi connectivity index (χ3v) is 7.69. The predicted molar refractivity (Wildman–Crippen MR) is 144 cm³/mol. The Bertz CT molecular complexity index is 1580. The molecule has 200 valence electrons. The van der Waals surface area contributed by atoms with Crippen molar-refractivity contribution in [3.05, 3.63) is 63.1 Å². The number of thiophene rings is 1. The number of aromatic nitrogens is 6. The fraction of sp³-hybridized carbons (Fsp3) is 0.462. The van der Waals surface area contributed by atoms with Crippen LogP contribution in [0.25, 0.3) is 20.7 Å². The Labute approximate surface area is 223 Å². The zero-order valence-corrected chi connectivity index (χ0v) is 22.8. The number of amides is 1. The maximum Gasteiger partial charge on any atom is 0.410 e. The van der Waals surface area contributed by atoms with E-state index in [4.69, 9.17) is 4.74 Å². The van der Waals surface area contributed by atoms with Gasteiger partial charge in [0.25, 0.3) is 5.56 Å². The fourth-order valence-corrected chi connectivity index (χ4v) is 5.87. The zero-order chi connectivity index (χ0) is 27.0. The lowest BCUT2D eigenvalue weighted by Gasteiger charge is -2.34. The van der Waals surface area contributed by atoms with E-state index >= 15 is 0 Å². The molecule has 4 heterocycles. The minimum absolute atomic E-state index is 0.115. The van der Waals surface area contributed by atoms with Crippen LogP contribution in [0.3, 0.4) is 0 Å². The van der Waals surface area contributed by atoms with Crippen molar-refractivity contribution in [3.8, 4) is 10.4 Å². The molecule has 1 fully saturated rings. The number of fused-ring (bicyclic) bond motifs is 1. The van der Waals surface area contributed by atoms with Crippen molar-refractivity contribution in [3.63, 3.8) is 0 Å². The van der Waals surface area contributed by atoms with E-state index in [9.17, 15) is 14.4 Å². The van der Waals surface area contributed by atoms with Crippen LogP contribution in [0.15, 0.2) is 46.0 Å². The van der Waals surface area contributed by atoms with E-state index < -0.39 is 23.4 Å². The monoisotopic (exact) mass is 537 g/mol. The predicted octanol–water partition coefficient (Wildman–Crippen LogP) is 3.52. The normalized spacial score (nSPS) is 16.2. The Kier molecular flexibility index (Phi) is 6.91. The highest BCUT2D eigenvalue weighted by atomic mass is 32.1. The topological polar surface area (TPSA) is 117 Å². The van der Waals surface area contributed by atoms with Gasteiger partial charge >= 0.3 is 11.8 Å². The summed E-state index contributed by atoms with van der Waals surface area (Å²) in [5.74, 6) is 0.521. The number of rotatable bonds is 5. The average Bonchev–Trinajstić information content (AvgIpc) is 3.54. The van der Waals surface area contributed by atoms with Gasteiger partial charge in [0.1, 0.15) is 10.3 Å². The lowest BCUT2D eigenvalue weighted by atomic mass is 10.1. The van der Waals surface area contributed by atoms with Gasteiger partial charge in [-0.05, 0) is 62.6 Å². The van der Waals surface area contributed by atoms with Gasteiger partial charge < -0.3 is 9.64 Å². The number of ether oxygens (including phenoxy) is 1. The summed E-state index contributed by atoms with van der Waals surface area (Å²) in [5.41, 5.74) is 0.0816. The van der Waals surface area contributed by atoms with Crippen LogP contribution >= 0.6 is 11.3 Å². The highest BCUT2D eigenvalue weighted by Crippen LogP contribution is 2.32. The minimum Gasteiger partial charge on any atom is -0.444 e. The van der Waals surface area contributed by atoms with Gasteiger partial charge in [-0.2, -0.15) is 0 Å². The summed E-state index contributed by atoms with van der Waals surface area (Å²) in [5, 5.41) is 11.9. The number of tetrazole rings is 1. The van der Waals surface area contributed by atoms with E-state index in [1.807, 2.05) is 64.1 Å². The van der Waals surface area contributed by atoms with Crippen LogP contribution in [0.2, 0.25) is 0 Å². The molecule has 1 amide bonds. The largest absolute Gasteiger partial charge is 0.444 e. The van der Waals surface area contributed by atoms with Crippen LogP contribution in [0, 0.1) is 0 Å². The Morgan fingerprint density at radius 2 is 1.95 bits per heavy atom. The summed E-state index contributed by atoms with van der Waals surface area (Å²) in [4.78, 5) is 43.1. The quantitative estimate of drug-likeness (QED) is 0.382. The molecule has 12 heteroatoms. The van der Waals surface area contributed by atoms with Gasteiger partial charge in [-0.15, -0.1) is 16.4 Å². The van der Waals surface area contributed by atoms with Gasteiger partial charge in [0.15, 0.2) is 5.82 Å². The number of benzene rings is 1. The smallest absolute Gasteiger partial charge is 0.410 e. The van der Waals surface area contributed by atoms with Crippen LogP contribution < -0.4 is 11.2 Å². The maximum atomic E-state index is 14.0. The third-order valence-electron chi connectivity index (χ3n) is 6.53. The first kappa shape index (κ1) is 25.8. The molecule has 5 rings (SSSR count). The van der Waals surface area contributed by atoms with Crippen LogP contribution in [0.5, 0.6) is 0 Å². The second-order valence-electron chi connectivity index (χ2n) is 10.4. The molecule has 1 atom stereocenters. The summed E-state index contributed by atoms with van der Waals surface area (Å²) in [6, 6.07) is 11.2. The molecule has 0 bridgehead atoms. The van der Waals surface area contributed by atoms with Crippen molar-refractivity contribution >= 4 is 27.6 Å². The molecule has 4 aromatic rings. The second-order valence-corrected chi connectivity index (χ2v) is 11.4. The number of likely N-dealkylation sites (tertiary alicyclic amines) is 1. The molecule has 0 radical (unpaired) electrons. The Morgan fingerprint density at radius 1 is 1.18 bits per heavy atom. The van der Waals surface area contributed by atoms with Gasteiger partial charge in [0.2, 0.25) is 0 Å².